The first-order chi connectivity index (χ1) is 16.5. The van der Waals surface area contributed by atoms with Crippen LogP contribution in [-0.4, -0.2) is 81.3 Å². The van der Waals surface area contributed by atoms with Crippen molar-refractivity contribution in [2.75, 3.05) is 20.6 Å². The average molecular weight is 479 g/mol. The van der Waals surface area contributed by atoms with Crippen LogP contribution in [0.15, 0.2) is 40.1 Å². The van der Waals surface area contributed by atoms with E-state index >= 15 is 0 Å². The van der Waals surface area contributed by atoms with E-state index in [1.165, 1.54) is 11.0 Å². The van der Waals surface area contributed by atoms with Gasteiger partial charge in [-0.05, 0) is 55.6 Å². The minimum atomic E-state index is -2.64. The number of aliphatic imine (C=N–C) groups is 1. The molecule has 1 heterocycles. The number of nitrogens with two attached hydrogens (primary N) is 1. The van der Waals surface area contributed by atoms with Gasteiger partial charge in [0.1, 0.15) is 22.8 Å². The Morgan fingerprint density at radius 2 is 1.91 bits per heavy atom. The normalized spacial score (nSPS) is 29.8. The summed E-state index contributed by atoms with van der Waals surface area (Å²) in [6.45, 7) is 0.509. The number of ketones is 2. The van der Waals surface area contributed by atoms with Crippen molar-refractivity contribution in [3.8, 4) is 5.75 Å². The number of hydrogen-bond donors (Lipinski definition) is 5. The summed E-state index contributed by atoms with van der Waals surface area (Å²) in [4.78, 5) is 44.6. The highest BCUT2D eigenvalue weighted by Gasteiger charge is 2.64. The van der Waals surface area contributed by atoms with Gasteiger partial charge in [-0.2, -0.15) is 0 Å². The molecule has 0 radical (unpaired) electrons. The first kappa shape index (κ1) is 23.0. The molecule has 0 bridgehead atoms. The average Bonchev–Trinajstić information content (AvgIpc) is 3.30. The third-order valence-electron chi connectivity index (χ3n) is 7.56. The van der Waals surface area contributed by atoms with E-state index in [0.29, 0.717) is 12.1 Å². The van der Waals surface area contributed by atoms with Gasteiger partial charge in [0.25, 0.3) is 5.91 Å². The van der Waals surface area contributed by atoms with Gasteiger partial charge in [0.05, 0.1) is 18.2 Å². The Kier molecular flexibility index (Phi) is 5.01. The molecule has 1 saturated carbocycles. The van der Waals surface area contributed by atoms with Gasteiger partial charge in [-0.15, -0.1) is 0 Å². The second kappa shape index (κ2) is 7.62. The Morgan fingerprint density at radius 3 is 2.51 bits per heavy atom. The van der Waals surface area contributed by atoms with Crippen LogP contribution in [0.5, 0.6) is 5.75 Å². The molecule has 6 N–H and O–H groups in total. The lowest BCUT2D eigenvalue weighted by Crippen LogP contribution is -2.65. The molecule has 1 amide bonds. The number of nitrogens with zero attached hydrogens (tertiary/aromatic N) is 2. The number of carbonyl (C=O) groups is 3. The standard InChI is InChI=1S/C25H25N3O7/c1-28(2)19-14-8-11-7-13-12(10-5-6-27-9-10)3-4-15(29)17(13)20(30)16(11)22(32)25(14,35)23(33)18(21(19)31)24(26)34/h3-5,9,11,14,19,29-30,33,35H,6-8H2,1-2H3,(H2,26,34)/t11-,14-,19-,25-/m0/s1. The van der Waals surface area contributed by atoms with Crippen molar-refractivity contribution < 1.29 is 34.8 Å². The van der Waals surface area contributed by atoms with E-state index in [4.69, 9.17) is 5.73 Å². The third kappa shape index (κ3) is 2.96. The first-order valence-electron chi connectivity index (χ1n) is 11.2. The van der Waals surface area contributed by atoms with Crippen molar-refractivity contribution in [1.29, 1.82) is 0 Å². The quantitative estimate of drug-likeness (QED) is 0.388. The Balaban J connectivity index is 1.74. The topological polar surface area (TPSA) is 174 Å². The fraction of sp³-hybridized carbons (Fsp3) is 0.360. The van der Waals surface area contributed by atoms with Gasteiger partial charge in [0, 0.05) is 17.7 Å². The van der Waals surface area contributed by atoms with Crippen LogP contribution in [0.3, 0.4) is 0 Å². The number of allylic oxidation sites excluding steroid dienone is 1. The number of benzene rings is 1. The summed E-state index contributed by atoms with van der Waals surface area (Å²) in [6.07, 6.45) is 3.89. The van der Waals surface area contributed by atoms with E-state index in [2.05, 4.69) is 4.99 Å². The van der Waals surface area contributed by atoms with Crippen molar-refractivity contribution in [3.05, 3.63) is 51.8 Å². The van der Waals surface area contributed by atoms with Crippen molar-refractivity contribution in [2.45, 2.75) is 24.5 Å². The van der Waals surface area contributed by atoms with Crippen molar-refractivity contribution >= 4 is 35.0 Å². The molecule has 10 heteroatoms. The Labute approximate surface area is 200 Å². The van der Waals surface area contributed by atoms with E-state index in [0.717, 1.165) is 11.1 Å². The molecule has 1 aromatic carbocycles. The Morgan fingerprint density at radius 1 is 1.20 bits per heavy atom. The molecule has 0 unspecified atom stereocenters. The maximum Gasteiger partial charge on any atom is 0.255 e. The van der Waals surface area contributed by atoms with E-state index in [-0.39, 0.29) is 29.7 Å². The highest BCUT2D eigenvalue weighted by Crippen LogP contribution is 2.53. The molecule has 1 aromatic rings. The number of phenols is 1. The van der Waals surface area contributed by atoms with Gasteiger partial charge in [0.15, 0.2) is 11.4 Å². The second-order valence-electron chi connectivity index (χ2n) is 9.60. The molecular formula is C25H25N3O7. The number of aliphatic hydroxyl groups is 3. The zero-order valence-corrected chi connectivity index (χ0v) is 19.1. The van der Waals surface area contributed by atoms with Gasteiger partial charge >= 0.3 is 0 Å². The molecule has 35 heavy (non-hydrogen) atoms. The summed E-state index contributed by atoms with van der Waals surface area (Å²) in [6, 6.07) is 2.02. The first-order valence-corrected chi connectivity index (χ1v) is 11.2. The molecule has 0 spiro atoms. The third-order valence-corrected chi connectivity index (χ3v) is 7.56. The molecule has 3 aliphatic carbocycles. The number of carbonyl (C=O) groups excluding carboxylic acids is 3. The van der Waals surface area contributed by atoms with Gasteiger partial charge in [-0.3, -0.25) is 24.3 Å². The summed E-state index contributed by atoms with van der Waals surface area (Å²) >= 11 is 0. The number of fused-ring (bicyclic) bond motifs is 3. The fourth-order valence-electron chi connectivity index (χ4n) is 6.05. The van der Waals surface area contributed by atoms with Crippen molar-refractivity contribution in [2.24, 2.45) is 22.6 Å². The molecule has 10 nitrogen and oxygen atoms in total. The van der Waals surface area contributed by atoms with Gasteiger partial charge in [-0.25, -0.2) is 0 Å². The summed E-state index contributed by atoms with van der Waals surface area (Å²) in [7, 11) is 3.13. The lowest BCUT2D eigenvalue weighted by atomic mass is 9.57. The highest BCUT2D eigenvalue weighted by molar-refractivity contribution is 6.24. The number of primary amides is 1. The number of rotatable bonds is 3. The van der Waals surface area contributed by atoms with E-state index in [9.17, 15) is 34.8 Å². The number of aliphatic hydroxyl groups excluding tert-OH is 2. The lowest BCUT2D eigenvalue weighted by Gasteiger charge is -2.50. The Hall–Kier alpha value is -3.76. The SMILES string of the molecule is CN(C)[C@@H]1C(=O)C(C(N)=O)=C(O)[C@@]2(O)C(=O)C3=C(O)c4c(O)ccc(C5=CCN=C5)c4C[C@H]3C[C@@H]12. The predicted octanol–water partition coefficient (Wildman–Crippen LogP) is 0.432. The molecule has 4 aliphatic rings. The smallest absolute Gasteiger partial charge is 0.255 e. The van der Waals surface area contributed by atoms with Gasteiger partial charge < -0.3 is 26.2 Å². The van der Waals surface area contributed by atoms with Crippen LogP contribution in [0, 0.1) is 11.8 Å². The monoisotopic (exact) mass is 479 g/mol. The number of likely N-dealkylation sites (N-methyl/N-ethyl adjacent to an activating group) is 1. The molecule has 1 fully saturated rings. The summed E-state index contributed by atoms with van der Waals surface area (Å²) in [5, 5.41) is 44.3. The van der Waals surface area contributed by atoms with E-state index < -0.39 is 58.0 Å². The summed E-state index contributed by atoms with van der Waals surface area (Å²) < 4.78 is 0. The molecular weight excluding hydrogens is 454 g/mol. The van der Waals surface area contributed by atoms with Crippen molar-refractivity contribution in [1.82, 2.24) is 4.90 Å². The van der Waals surface area contributed by atoms with Crippen molar-refractivity contribution in [3.63, 3.8) is 0 Å². The summed E-state index contributed by atoms with van der Waals surface area (Å²) in [5.74, 6) is -6.62. The zero-order valence-electron chi connectivity index (χ0n) is 19.1. The highest BCUT2D eigenvalue weighted by atomic mass is 16.3. The molecule has 1 aliphatic heterocycles. The van der Waals surface area contributed by atoms with E-state index in [1.54, 1.807) is 26.4 Å². The fourth-order valence-corrected chi connectivity index (χ4v) is 6.05. The maximum atomic E-state index is 13.8. The van der Waals surface area contributed by atoms with Gasteiger partial charge in [-0.1, -0.05) is 12.1 Å². The van der Waals surface area contributed by atoms with Crippen LogP contribution < -0.4 is 5.73 Å². The minimum absolute atomic E-state index is 0.0496. The lowest BCUT2D eigenvalue weighted by molar-refractivity contribution is -0.153. The van der Waals surface area contributed by atoms with Crippen LogP contribution in [0.1, 0.15) is 23.1 Å². The number of aromatic hydroxyl groups is 1. The van der Waals surface area contributed by atoms with Crippen LogP contribution in [0.25, 0.3) is 11.3 Å². The summed E-state index contributed by atoms with van der Waals surface area (Å²) in [5.41, 5.74) is 3.95. The van der Waals surface area contributed by atoms with E-state index in [1.807, 2.05) is 6.08 Å². The van der Waals surface area contributed by atoms with Crippen LogP contribution >= 0.6 is 0 Å². The number of amides is 1. The molecule has 182 valence electrons. The second-order valence-corrected chi connectivity index (χ2v) is 9.60. The largest absolute Gasteiger partial charge is 0.508 e. The molecule has 0 aromatic heterocycles. The predicted molar refractivity (Wildman–Crippen MR) is 126 cm³/mol. The maximum absolute atomic E-state index is 13.8. The number of hydrogen-bond acceptors (Lipinski definition) is 9. The van der Waals surface area contributed by atoms with Crippen LogP contribution in [0.2, 0.25) is 0 Å². The number of phenolic OH excluding ortho intramolecular Hbond substituents is 1. The Bertz CT molecular complexity index is 1340. The molecule has 5 rings (SSSR count). The molecule has 0 saturated heterocycles. The van der Waals surface area contributed by atoms with Crippen LogP contribution in [0.4, 0.5) is 0 Å². The minimum Gasteiger partial charge on any atom is -0.508 e. The number of Topliss-reactive ketones (excluding diaryl/α,β-unsaturated/α-hetero) is 2. The van der Waals surface area contributed by atoms with Crippen LogP contribution in [-0.2, 0) is 20.8 Å². The molecule has 4 atom stereocenters. The van der Waals surface area contributed by atoms with Gasteiger partial charge in [0.2, 0.25) is 5.78 Å². The zero-order chi connectivity index (χ0) is 25.4.